The molecule has 1 saturated heterocycles. The van der Waals surface area contributed by atoms with Crippen LogP contribution in [0.3, 0.4) is 0 Å². The zero-order valence-electron chi connectivity index (χ0n) is 13.6. The van der Waals surface area contributed by atoms with Crippen LogP contribution in [0.25, 0.3) is 0 Å². The van der Waals surface area contributed by atoms with Gasteiger partial charge < -0.3 is 4.90 Å². The minimum Gasteiger partial charge on any atom is -0.369 e. The summed E-state index contributed by atoms with van der Waals surface area (Å²) in [4.78, 5) is 4.90. The molecule has 2 nitrogen and oxygen atoms in total. The number of piperazine rings is 1. The summed E-state index contributed by atoms with van der Waals surface area (Å²) in [6.07, 6.45) is 0. The van der Waals surface area contributed by atoms with Crippen molar-refractivity contribution in [3.05, 3.63) is 63.4 Å². The van der Waals surface area contributed by atoms with Gasteiger partial charge in [0.05, 0.1) is 4.47 Å². The molecule has 1 aliphatic rings. The highest BCUT2D eigenvalue weighted by molar-refractivity contribution is 9.10. The smallest absolute Gasteiger partial charge is 0.137 e. The molecule has 0 aliphatic carbocycles. The van der Waals surface area contributed by atoms with Crippen LogP contribution in [0, 0.1) is 19.7 Å². The lowest BCUT2D eigenvalue weighted by Gasteiger charge is -2.37. The molecule has 0 bridgehead atoms. The van der Waals surface area contributed by atoms with Gasteiger partial charge in [0.1, 0.15) is 5.82 Å². The minimum absolute atomic E-state index is 0.200. The third-order valence-corrected chi connectivity index (χ3v) is 5.29. The Kier molecular flexibility index (Phi) is 5.02. The second kappa shape index (κ2) is 7.02. The van der Waals surface area contributed by atoms with Crippen LogP contribution in [0.5, 0.6) is 0 Å². The monoisotopic (exact) mass is 376 g/mol. The molecule has 4 heteroatoms. The summed E-state index contributed by atoms with van der Waals surface area (Å²) >= 11 is 3.26. The number of hydrogen-bond acceptors (Lipinski definition) is 2. The number of hydrogen-bond donors (Lipinski definition) is 0. The Morgan fingerprint density at radius 3 is 2.48 bits per heavy atom. The van der Waals surface area contributed by atoms with Crippen molar-refractivity contribution in [1.29, 1.82) is 0 Å². The fourth-order valence-electron chi connectivity index (χ4n) is 3.12. The quantitative estimate of drug-likeness (QED) is 0.776. The average Bonchev–Trinajstić information content (AvgIpc) is 2.55. The molecule has 23 heavy (non-hydrogen) atoms. The van der Waals surface area contributed by atoms with Crippen molar-refractivity contribution in [2.24, 2.45) is 0 Å². The SMILES string of the molecule is Cc1cccc(N2CCN(Cc3ccc(F)c(Br)c3)CC2)c1C. The lowest BCUT2D eigenvalue weighted by molar-refractivity contribution is 0.249. The first-order valence-corrected chi connectivity index (χ1v) is 8.81. The van der Waals surface area contributed by atoms with E-state index in [1.807, 2.05) is 12.1 Å². The number of halogens is 2. The van der Waals surface area contributed by atoms with Crippen molar-refractivity contribution in [1.82, 2.24) is 4.90 Å². The summed E-state index contributed by atoms with van der Waals surface area (Å²) < 4.78 is 13.9. The van der Waals surface area contributed by atoms with E-state index in [2.05, 4.69) is 57.8 Å². The van der Waals surface area contributed by atoms with Gasteiger partial charge in [-0.05, 0) is 64.7 Å². The molecule has 0 aromatic heterocycles. The van der Waals surface area contributed by atoms with Crippen LogP contribution < -0.4 is 4.90 Å². The van der Waals surface area contributed by atoms with Crippen LogP contribution in [-0.2, 0) is 6.54 Å². The molecule has 1 aliphatic heterocycles. The van der Waals surface area contributed by atoms with Crippen molar-refractivity contribution < 1.29 is 4.39 Å². The molecule has 2 aromatic carbocycles. The Morgan fingerprint density at radius 1 is 1.04 bits per heavy atom. The summed E-state index contributed by atoms with van der Waals surface area (Å²) in [6, 6.07) is 11.8. The first-order valence-electron chi connectivity index (χ1n) is 8.02. The molecule has 0 N–H and O–H groups in total. The Hall–Kier alpha value is -1.39. The average molecular weight is 377 g/mol. The van der Waals surface area contributed by atoms with Crippen LogP contribution in [0.15, 0.2) is 40.9 Å². The minimum atomic E-state index is -0.200. The van der Waals surface area contributed by atoms with Gasteiger partial charge in [-0.2, -0.15) is 0 Å². The predicted octanol–water partition coefficient (Wildman–Crippen LogP) is 4.53. The topological polar surface area (TPSA) is 6.48 Å². The highest BCUT2D eigenvalue weighted by atomic mass is 79.9. The molecular formula is C19H22BrFN2. The van der Waals surface area contributed by atoms with E-state index in [4.69, 9.17) is 0 Å². The molecule has 0 saturated carbocycles. The molecule has 0 radical (unpaired) electrons. The van der Waals surface area contributed by atoms with Crippen LogP contribution in [0.1, 0.15) is 16.7 Å². The normalized spacial score (nSPS) is 15.9. The van der Waals surface area contributed by atoms with E-state index in [1.54, 1.807) is 0 Å². The summed E-state index contributed by atoms with van der Waals surface area (Å²) in [5.74, 6) is -0.200. The van der Waals surface area contributed by atoms with Crippen LogP contribution in [0.4, 0.5) is 10.1 Å². The lowest BCUT2D eigenvalue weighted by Crippen LogP contribution is -2.46. The number of aryl methyl sites for hydroxylation is 1. The van der Waals surface area contributed by atoms with E-state index in [0.717, 1.165) is 38.3 Å². The number of nitrogens with zero attached hydrogens (tertiary/aromatic N) is 2. The fourth-order valence-corrected chi connectivity index (χ4v) is 3.55. The zero-order valence-corrected chi connectivity index (χ0v) is 15.2. The molecule has 1 heterocycles. The van der Waals surface area contributed by atoms with Crippen LogP contribution in [-0.4, -0.2) is 31.1 Å². The number of benzene rings is 2. The van der Waals surface area contributed by atoms with E-state index in [9.17, 15) is 4.39 Å². The van der Waals surface area contributed by atoms with Gasteiger partial charge in [0.2, 0.25) is 0 Å². The van der Waals surface area contributed by atoms with E-state index in [-0.39, 0.29) is 5.82 Å². The Balaban J connectivity index is 1.62. The van der Waals surface area contributed by atoms with E-state index in [0.29, 0.717) is 4.47 Å². The molecule has 3 rings (SSSR count). The van der Waals surface area contributed by atoms with E-state index >= 15 is 0 Å². The highest BCUT2D eigenvalue weighted by Gasteiger charge is 2.19. The molecule has 0 spiro atoms. The van der Waals surface area contributed by atoms with Crippen LogP contribution in [0.2, 0.25) is 0 Å². The highest BCUT2D eigenvalue weighted by Crippen LogP contribution is 2.24. The molecule has 1 fully saturated rings. The van der Waals surface area contributed by atoms with Gasteiger partial charge in [-0.25, -0.2) is 4.39 Å². The van der Waals surface area contributed by atoms with Crippen molar-refractivity contribution in [3.8, 4) is 0 Å². The molecular weight excluding hydrogens is 355 g/mol. The standard InChI is InChI=1S/C19H22BrFN2/c1-14-4-3-5-19(15(14)2)23-10-8-22(9-11-23)13-16-6-7-18(21)17(20)12-16/h3-7,12H,8-11,13H2,1-2H3. The molecule has 122 valence electrons. The largest absolute Gasteiger partial charge is 0.369 e. The summed E-state index contributed by atoms with van der Waals surface area (Å²) in [7, 11) is 0. The fraction of sp³-hybridized carbons (Fsp3) is 0.368. The van der Waals surface area contributed by atoms with E-state index < -0.39 is 0 Å². The first kappa shape index (κ1) is 16.5. The Bertz CT molecular complexity index is 694. The molecule has 2 aromatic rings. The maximum atomic E-state index is 13.3. The van der Waals surface area contributed by atoms with Gasteiger partial charge >= 0.3 is 0 Å². The summed E-state index contributed by atoms with van der Waals surface area (Å²) in [6.45, 7) is 9.37. The molecule has 0 unspecified atom stereocenters. The van der Waals surface area contributed by atoms with Crippen molar-refractivity contribution in [2.45, 2.75) is 20.4 Å². The van der Waals surface area contributed by atoms with Crippen molar-refractivity contribution in [2.75, 3.05) is 31.1 Å². The third kappa shape index (κ3) is 3.75. The van der Waals surface area contributed by atoms with Crippen molar-refractivity contribution in [3.63, 3.8) is 0 Å². The Morgan fingerprint density at radius 2 is 1.78 bits per heavy atom. The second-order valence-electron chi connectivity index (χ2n) is 6.23. The maximum Gasteiger partial charge on any atom is 0.137 e. The maximum absolute atomic E-state index is 13.3. The third-order valence-electron chi connectivity index (χ3n) is 4.68. The van der Waals surface area contributed by atoms with Crippen molar-refractivity contribution >= 4 is 21.6 Å². The van der Waals surface area contributed by atoms with Gasteiger partial charge in [0.15, 0.2) is 0 Å². The van der Waals surface area contributed by atoms with Crippen LogP contribution >= 0.6 is 15.9 Å². The van der Waals surface area contributed by atoms with Gasteiger partial charge in [0.25, 0.3) is 0 Å². The molecule has 0 amide bonds. The summed E-state index contributed by atoms with van der Waals surface area (Å²) in [5, 5.41) is 0. The lowest BCUT2D eigenvalue weighted by atomic mass is 10.1. The zero-order chi connectivity index (χ0) is 16.4. The number of rotatable bonds is 3. The second-order valence-corrected chi connectivity index (χ2v) is 7.09. The number of anilines is 1. The molecule has 0 atom stereocenters. The first-order chi connectivity index (χ1) is 11.0. The van der Waals surface area contributed by atoms with Gasteiger partial charge in [-0.15, -0.1) is 0 Å². The van der Waals surface area contributed by atoms with Gasteiger partial charge in [-0.3, -0.25) is 4.90 Å². The summed E-state index contributed by atoms with van der Waals surface area (Å²) in [5.41, 5.74) is 5.23. The Labute approximate surface area is 146 Å². The van der Waals surface area contributed by atoms with Gasteiger partial charge in [-0.1, -0.05) is 18.2 Å². The van der Waals surface area contributed by atoms with Gasteiger partial charge in [0, 0.05) is 38.4 Å². The predicted molar refractivity (Wildman–Crippen MR) is 97.5 cm³/mol. The van der Waals surface area contributed by atoms with E-state index in [1.165, 1.54) is 22.9 Å².